The van der Waals surface area contributed by atoms with Crippen molar-refractivity contribution in [1.82, 2.24) is 4.57 Å². The van der Waals surface area contributed by atoms with Gasteiger partial charge in [-0.25, -0.2) is 8.42 Å². The van der Waals surface area contributed by atoms with Gasteiger partial charge in [0.2, 0.25) is 0 Å². The van der Waals surface area contributed by atoms with E-state index in [0.717, 1.165) is 24.3 Å². The number of nitrogens with zero attached hydrogens (tertiary/aromatic N) is 1. The van der Waals surface area contributed by atoms with Crippen molar-refractivity contribution in [2.45, 2.75) is 11.1 Å². The van der Waals surface area contributed by atoms with E-state index in [2.05, 4.69) is 4.72 Å². The number of benzene rings is 2. The monoisotopic (exact) mass is 366 g/mol. The first-order chi connectivity index (χ1) is 11.8. The van der Waals surface area contributed by atoms with E-state index in [9.17, 15) is 21.6 Å². The lowest BCUT2D eigenvalue weighted by molar-refractivity contribution is -0.137. The second-order valence-electron chi connectivity index (χ2n) is 5.24. The van der Waals surface area contributed by atoms with Gasteiger partial charge in [0.05, 0.1) is 21.8 Å². The van der Waals surface area contributed by atoms with Crippen molar-refractivity contribution in [1.29, 1.82) is 0 Å². The van der Waals surface area contributed by atoms with E-state index in [0.29, 0.717) is 11.4 Å². The summed E-state index contributed by atoms with van der Waals surface area (Å²) in [5.41, 5.74) is 0.0146. The second kappa shape index (κ2) is 6.29. The molecule has 8 heteroatoms. The van der Waals surface area contributed by atoms with Crippen LogP contribution in [0, 0.1) is 0 Å². The Hall–Kier alpha value is -2.74. The standard InChI is InChI=1S/C17H13F3N2O2S/c18-17(19,20)13-7-9-14(10-8-13)25(23,24)21-15-5-1-2-6-16(15)22-11-3-4-12-22/h1-12,21H. The minimum atomic E-state index is -4.52. The lowest BCUT2D eigenvalue weighted by Gasteiger charge is -2.14. The molecule has 4 nitrogen and oxygen atoms in total. The summed E-state index contributed by atoms with van der Waals surface area (Å²) in [6.07, 6.45) is -1.01. The average Bonchev–Trinajstić information content (AvgIpc) is 3.09. The Bertz CT molecular complexity index is 964. The summed E-state index contributed by atoms with van der Waals surface area (Å²) in [5, 5.41) is 0. The van der Waals surface area contributed by atoms with E-state index in [-0.39, 0.29) is 4.90 Å². The summed E-state index contributed by atoms with van der Waals surface area (Å²) in [6, 6.07) is 13.7. The van der Waals surface area contributed by atoms with Crippen LogP contribution in [0.5, 0.6) is 0 Å². The summed E-state index contributed by atoms with van der Waals surface area (Å²) >= 11 is 0. The fraction of sp³-hybridized carbons (Fsp3) is 0.0588. The Balaban J connectivity index is 1.93. The van der Waals surface area contributed by atoms with Gasteiger partial charge in [0, 0.05) is 12.4 Å². The molecule has 25 heavy (non-hydrogen) atoms. The molecule has 0 amide bonds. The van der Waals surface area contributed by atoms with Gasteiger partial charge in [0.25, 0.3) is 10.0 Å². The van der Waals surface area contributed by atoms with Gasteiger partial charge in [-0.15, -0.1) is 0 Å². The van der Waals surface area contributed by atoms with Crippen molar-refractivity contribution in [3.63, 3.8) is 0 Å². The van der Waals surface area contributed by atoms with Crippen LogP contribution in [0.1, 0.15) is 5.56 Å². The Morgan fingerprint density at radius 2 is 1.44 bits per heavy atom. The van der Waals surface area contributed by atoms with E-state index in [1.165, 1.54) is 0 Å². The maximum Gasteiger partial charge on any atom is 0.416 e. The summed E-state index contributed by atoms with van der Waals surface area (Å²) in [7, 11) is -4.02. The third-order valence-corrected chi connectivity index (χ3v) is 4.90. The lowest BCUT2D eigenvalue weighted by atomic mass is 10.2. The van der Waals surface area contributed by atoms with Crippen LogP contribution in [0.3, 0.4) is 0 Å². The molecule has 0 aliphatic heterocycles. The molecular formula is C17H13F3N2O2S. The van der Waals surface area contributed by atoms with Gasteiger partial charge >= 0.3 is 6.18 Å². The van der Waals surface area contributed by atoms with Crippen LogP contribution < -0.4 is 4.72 Å². The Labute approximate surface area is 142 Å². The number of hydrogen-bond acceptors (Lipinski definition) is 2. The molecule has 0 spiro atoms. The third-order valence-electron chi connectivity index (χ3n) is 3.52. The zero-order valence-corrected chi connectivity index (χ0v) is 13.6. The fourth-order valence-electron chi connectivity index (χ4n) is 2.31. The first-order valence-corrected chi connectivity index (χ1v) is 8.68. The van der Waals surface area contributed by atoms with E-state index in [4.69, 9.17) is 0 Å². The van der Waals surface area contributed by atoms with Gasteiger partial charge in [-0.05, 0) is 48.5 Å². The van der Waals surface area contributed by atoms with Crippen molar-refractivity contribution in [3.8, 4) is 5.69 Å². The topological polar surface area (TPSA) is 51.1 Å². The SMILES string of the molecule is O=S(=O)(Nc1ccccc1-n1cccc1)c1ccc(C(F)(F)F)cc1. The minimum absolute atomic E-state index is 0.247. The Morgan fingerprint density at radius 1 is 0.840 bits per heavy atom. The summed E-state index contributed by atoms with van der Waals surface area (Å²) in [5.74, 6) is 0. The molecule has 0 aliphatic carbocycles. The van der Waals surface area contributed by atoms with Crippen LogP contribution >= 0.6 is 0 Å². The van der Waals surface area contributed by atoms with E-state index >= 15 is 0 Å². The number of halogens is 3. The average molecular weight is 366 g/mol. The molecule has 0 aliphatic rings. The lowest BCUT2D eigenvalue weighted by Crippen LogP contribution is -2.15. The molecule has 1 N–H and O–H groups in total. The van der Waals surface area contributed by atoms with E-state index in [1.807, 2.05) is 0 Å². The summed E-state index contributed by atoms with van der Waals surface area (Å²) in [6.45, 7) is 0. The quantitative estimate of drug-likeness (QED) is 0.749. The number of sulfonamides is 1. The predicted molar refractivity (Wildman–Crippen MR) is 88.0 cm³/mol. The number of para-hydroxylation sites is 2. The second-order valence-corrected chi connectivity index (χ2v) is 6.92. The van der Waals surface area contributed by atoms with Crippen molar-refractivity contribution in [3.05, 3.63) is 78.6 Å². The minimum Gasteiger partial charge on any atom is -0.322 e. The first-order valence-electron chi connectivity index (χ1n) is 7.20. The number of alkyl halides is 3. The molecule has 3 aromatic rings. The van der Waals surface area contributed by atoms with Gasteiger partial charge in [0.15, 0.2) is 0 Å². The molecule has 3 rings (SSSR count). The predicted octanol–water partition coefficient (Wildman–Crippen LogP) is 4.30. The van der Waals surface area contributed by atoms with Crippen molar-refractivity contribution < 1.29 is 21.6 Å². The largest absolute Gasteiger partial charge is 0.416 e. The molecular weight excluding hydrogens is 353 g/mol. The van der Waals surface area contributed by atoms with Gasteiger partial charge in [-0.2, -0.15) is 13.2 Å². The van der Waals surface area contributed by atoms with E-state index in [1.54, 1.807) is 53.4 Å². The zero-order chi connectivity index (χ0) is 18.1. The molecule has 0 radical (unpaired) electrons. The van der Waals surface area contributed by atoms with Crippen molar-refractivity contribution >= 4 is 15.7 Å². The van der Waals surface area contributed by atoms with Crippen molar-refractivity contribution in [2.24, 2.45) is 0 Å². The Kier molecular flexibility index (Phi) is 4.30. The van der Waals surface area contributed by atoms with E-state index < -0.39 is 21.8 Å². The molecule has 0 fully saturated rings. The number of hydrogen-bond donors (Lipinski definition) is 1. The van der Waals surface area contributed by atoms with Crippen LogP contribution in [0.4, 0.5) is 18.9 Å². The molecule has 0 saturated heterocycles. The smallest absolute Gasteiger partial charge is 0.322 e. The third kappa shape index (κ3) is 3.69. The zero-order valence-electron chi connectivity index (χ0n) is 12.7. The summed E-state index contributed by atoms with van der Waals surface area (Å²) < 4.78 is 66.9. The first kappa shape index (κ1) is 17.1. The van der Waals surface area contributed by atoms with Gasteiger partial charge in [-0.1, -0.05) is 12.1 Å². The van der Waals surface area contributed by atoms with Crippen LogP contribution in [0.2, 0.25) is 0 Å². The molecule has 1 heterocycles. The van der Waals surface area contributed by atoms with Crippen LogP contribution in [0.25, 0.3) is 5.69 Å². The number of nitrogens with one attached hydrogen (secondary N) is 1. The fourth-order valence-corrected chi connectivity index (χ4v) is 3.38. The summed E-state index contributed by atoms with van der Waals surface area (Å²) in [4.78, 5) is -0.247. The highest BCUT2D eigenvalue weighted by Gasteiger charge is 2.30. The Morgan fingerprint density at radius 3 is 2.04 bits per heavy atom. The number of aromatic nitrogens is 1. The highest BCUT2D eigenvalue weighted by molar-refractivity contribution is 7.92. The maximum absolute atomic E-state index is 12.6. The number of anilines is 1. The molecule has 0 unspecified atom stereocenters. The molecule has 0 saturated carbocycles. The molecule has 0 atom stereocenters. The molecule has 2 aromatic carbocycles. The normalized spacial score (nSPS) is 12.1. The molecule has 130 valence electrons. The highest BCUT2D eigenvalue weighted by atomic mass is 32.2. The van der Waals surface area contributed by atoms with Crippen molar-refractivity contribution in [2.75, 3.05) is 4.72 Å². The highest BCUT2D eigenvalue weighted by Crippen LogP contribution is 2.30. The van der Waals surface area contributed by atoms with Gasteiger partial charge < -0.3 is 4.57 Å². The van der Waals surface area contributed by atoms with Crippen LogP contribution in [-0.4, -0.2) is 13.0 Å². The van der Waals surface area contributed by atoms with Gasteiger partial charge in [0.1, 0.15) is 0 Å². The van der Waals surface area contributed by atoms with Crippen LogP contribution in [0.15, 0.2) is 78.0 Å². The number of rotatable bonds is 4. The molecule has 0 bridgehead atoms. The molecule has 1 aromatic heterocycles. The van der Waals surface area contributed by atoms with Crippen LogP contribution in [-0.2, 0) is 16.2 Å². The van der Waals surface area contributed by atoms with Gasteiger partial charge in [-0.3, -0.25) is 4.72 Å². The maximum atomic E-state index is 12.6.